The van der Waals surface area contributed by atoms with Crippen molar-refractivity contribution in [3.05, 3.63) is 53.1 Å². The van der Waals surface area contributed by atoms with E-state index in [2.05, 4.69) is 5.32 Å². The van der Waals surface area contributed by atoms with E-state index in [9.17, 15) is 9.59 Å². The Bertz CT molecular complexity index is 874. The number of hydrogen-bond donors (Lipinski definition) is 1. The molecule has 0 saturated carbocycles. The minimum Gasteiger partial charge on any atom is -0.455 e. The van der Waals surface area contributed by atoms with Gasteiger partial charge in [-0.3, -0.25) is 14.5 Å². The number of rotatable bonds is 3. The molecule has 27 heavy (non-hydrogen) atoms. The van der Waals surface area contributed by atoms with Crippen molar-refractivity contribution in [2.75, 3.05) is 19.1 Å². The van der Waals surface area contributed by atoms with Crippen molar-refractivity contribution in [2.24, 2.45) is 0 Å². The highest BCUT2D eigenvalue weighted by Crippen LogP contribution is 2.40. The Kier molecular flexibility index (Phi) is 5.53. The van der Waals surface area contributed by atoms with Crippen LogP contribution in [0.15, 0.2) is 42.5 Å². The predicted molar refractivity (Wildman–Crippen MR) is 102 cm³/mol. The lowest BCUT2D eigenvalue weighted by Gasteiger charge is -2.26. The molecule has 1 heterocycles. The molecule has 3 rings (SSSR count). The third-order valence-corrected chi connectivity index (χ3v) is 4.51. The normalized spacial score (nSPS) is 13.6. The van der Waals surface area contributed by atoms with Crippen LogP contribution in [0.25, 0.3) is 0 Å². The summed E-state index contributed by atoms with van der Waals surface area (Å²) in [6, 6.07) is 11.3. The molecule has 0 aliphatic carbocycles. The third kappa shape index (κ3) is 3.99. The van der Waals surface area contributed by atoms with E-state index in [1.807, 2.05) is 24.3 Å². The molecule has 7 nitrogen and oxygen atoms in total. The molecular formula is C19H20ClN3O4. The Labute approximate surface area is 162 Å². The van der Waals surface area contributed by atoms with Crippen LogP contribution in [0.1, 0.15) is 12.5 Å². The van der Waals surface area contributed by atoms with E-state index in [1.165, 1.54) is 19.1 Å². The quantitative estimate of drug-likeness (QED) is 0.814. The number of hydroxylamine groups is 2. The van der Waals surface area contributed by atoms with E-state index < -0.39 is 12.1 Å². The van der Waals surface area contributed by atoms with Crippen molar-refractivity contribution in [3.63, 3.8) is 0 Å². The number of amides is 3. The summed E-state index contributed by atoms with van der Waals surface area (Å²) in [5.74, 6) is 0.802. The molecule has 2 aromatic rings. The Morgan fingerprint density at radius 2 is 2.00 bits per heavy atom. The number of para-hydroxylation sites is 1. The molecule has 1 aliphatic rings. The number of nitrogens with zero attached hydrogens (tertiary/aromatic N) is 2. The van der Waals surface area contributed by atoms with Crippen LogP contribution in [0.5, 0.6) is 11.5 Å². The van der Waals surface area contributed by atoms with Gasteiger partial charge in [0.2, 0.25) is 0 Å². The number of fused-ring (bicyclic) bond motifs is 2. The summed E-state index contributed by atoms with van der Waals surface area (Å²) >= 11 is 6.14. The molecule has 0 radical (unpaired) electrons. The van der Waals surface area contributed by atoms with E-state index in [0.29, 0.717) is 22.2 Å². The first-order valence-corrected chi connectivity index (χ1v) is 8.73. The van der Waals surface area contributed by atoms with Gasteiger partial charge in [-0.2, -0.15) is 0 Å². The van der Waals surface area contributed by atoms with Gasteiger partial charge in [0.1, 0.15) is 11.8 Å². The van der Waals surface area contributed by atoms with E-state index in [4.69, 9.17) is 21.2 Å². The van der Waals surface area contributed by atoms with E-state index in [-0.39, 0.29) is 12.5 Å². The van der Waals surface area contributed by atoms with Crippen molar-refractivity contribution < 1.29 is 19.2 Å². The van der Waals surface area contributed by atoms with Crippen LogP contribution in [0, 0.1) is 0 Å². The van der Waals surface area contributed by atoms with Gasteiger partial charge in [0.05, 0.1) is 19.3 Å². The molecular weight excluding hydrogens is 370 g/mol. The number of benzene rings is 2. The number of halogens is 1. The fraction of sp³-hybridized carbons (Fsp3) is 0.263. The highest BCUT2D eigenvalue weighted by molar-refractivity contribution is 6.31. The standard InChI is InChI=1S/C19H20ClN3O4/c1-12(18(24)22(2)26-3)21-19(25)23-11-13-6-4-5-7-16(13)27-17-9-8-14(20)10-15(17)23/h4-10,12H,11H2,1-3H3,(H,21,25)/t12-/m1/s1. The van der Waals surface area contributed by atoms with Crippen LogP contribution in [0.4, 0.5) is 10.5 Å². The maximum absolute atomic E-state index is 13.0. The van der Waals surface area contributed by atoms with Crippen LogP contribution < -0.4 is 15.0 Å². The molecule has 1 N–H and O–H groups in total. The van der Waals surface area contributed by atoms with Gasteiger partial charge in [-0.25, -0.2) is 9.86 Å². The fourth-order valence-electron chi connectivity index (χ4n) is 2.76. The lowest BCUT2D eigenvalue weighted by molar-refractivity contribution is -0.170. The van der Waals surface area contributed by atoms with Gasteiger partial charge in [0, 0.05) is 17.6 Å². The Hall–Kier alpha value is -2.77. The van der Waals surface area contributed by atoms with Gasteiger partial charge in [-0.05, 0) is 31.2 Å². The first-order chi connectivity index (χ1) is 12.9. The predicted octanol–water partition coefficient (Wildman–Crippen LogP) is 3.57. The average molecular weight is 390 g/mol. The highest BCUT2D eigenvalue weighted by Gasteiger charge is 2.28. The minimum atomic E-state index is -0.774. The molecule has 0 fully saturated rings. The maximum atomic E-state index is 13.0. The number of carbonyl (C=O) groups is 2. The zero-order valence-electron chi connectivity index (χ0n) is 15.2. The lowest BCUT2D eigenvalue weighted by atomic mass is 10.2. The van der Waals surface area contributed by atoms with Crippen molar-refractivity contribution in [1.82, 2.24) is 10.4 Å². The second kappa shape index (κ2) is 7.85. The zero-order valence-corrected chi connectivity index (χ0v) is 16.0. The first kappa shape index (κ1) is 19.0. The van der Waals surface area contributed by atoms with Crippen molar-refractivity contribution >= 4 is 29.2 Å². The van der Waals surface area contributed by atoms with Crippen LogP contribution in [0.2, 0.25) is 5.02 Å². The number of ether oxygens (including phenoxy) is 1. The summed E-state index contributed by atoms with van der Waals surface area (Å²) in [4.78, 5) is 31.5. The first-order valence-electron chi connectivity index (χ1n) is 8.35. The van der Waals surface area contributed by atoms with Gasteiger partial charge in [0.25, 0.3) is 5.91 Å². The SMILES string of the molecule is CON(C)C(=O)[C@@H](C)NC(=O)N1Cc2ccccc2Oc2ccc(Cl)cc21. The number of carbonyl (C=O) groups excluding carboxylic acids is 2. The summed E-state index contributed by atoms with van der Waals surface area (Å²) < 4.78 is 5.97. The van der Waals surface area contributed by atoms with Crippen LogP contribution in [-0.4, -0.2) is 37.2 Å². The number of likely N-dealkylation sites (N-methyl/N-ethyl adjacent to an activating group) is 1. The highest BCUT2D eigenvalue weighted by atomic mass is 35.5. The second-order valence-electron chi connectivity index (χ2n) is 6.10. The third-order valence-electron chi connectivity index (χ3n) is 4.27. The number of urea groups is 1. The van der Waals surface area contributed by atoms with Crippen LogP contribution in [0.3, 0.4) is 0 Å². The second-order valence-corrected chi connectivity index (χ2v) is 6.53. The molecule has 1 aliphatic heterocycles. The van der Waals surface area contributed by atoms with E-state index in [0.717, 1.165) is 10.6 Å². The summed E-state index contributed by atoms with van der Waals surface area (Å²) in [5, 5.41) is 4.24. The topological polar surface area (TPSA) is 71.1 Å². The minimum absolute atomic E-state index is 0.274. The number of anilines is 1. The maximum Gasteiger partial charge on any atom is 0.322 e. The largest absolute Gasteiger partial charge is 0.455 e. The monoisotopic (exact) mass is 389 g/mol. The van der Waals surface area contributed by atoms with E-state index in [1.54, 1.807) is 25.1 Å². The van der Waals surface area contributed by atoms with Crippen LogP contribution >= 0.6 is 11.6 Å². The van der Waals surface area contributed by atoms with Crippen molar-refractivity contribution in [1.29, 1.82) is 0 Å². The van der Waals surface area contributed by atoms with Gasteiger partial charge >= 0.3 is 6.03 Å². The lowest BCUT2D eigenvalue weighted by Crippen LogP contribution is -2.50. The summed E-state index contributed by atoms with van der Waals surface area (Å²) in [5.41, 5.74) is 1.36. The molecule has 2 aromatic carbocycles. The van der Waals surface area contributed by atoms with Gasteiger partial charge in [-0.1, -0.05) is 29.8 Å². The molecule has 1 atom stereocenters. The Morgan fingerprint density at radius 3 is 2.74 bits per heavy atom. The molecule has 0 unspecified atom stereocenters. The Morgan fingerprint density at radius 1 is 1.26 bits per heavy atom. The average Bonchev–Trinajstić information content (AvgIpc) is 2.83. The van der Waals surface area contributed by atoms with Gasteiger partial charge in [0.15, 0.2) is 5.75 Å². The Balaban J connectivity index is 1.92. The summed E-state index contributed by atoms with van der Waals surface area (Å²) in [6.45, 7) is 1.87. The molecule has 0 bridgehead atoms. The number of nitrogens with one attached hydrogen (secondary N) is 1. The molecule has 142 valence electrons. The molecule has 3 amide bonds. The summed E-state index contributed by atoms with van der Waals surface area (Å²) in [6.07, 6.45) is 0. The number of hydrogen-bond acceptors (Lipinski definition) is 4. The van der Waals surface area contributed by atoms with Crippen molar-refractivity contribution in [2.45, 2.75) is 19.5 Å². The molecule has 8 heteroatoms. The van der Waals surface area contributed by atoms with E-state index >= 15 is 0 Å². The van der Waals surface area contributed by atoms with Gasteiger partial charge < -0.3 is 10.1 Å². The molecule has 0 aromatic heterocycles. The molecule has 0 saturated heterocycles. The van der Waals surface area contributed by atoms with Crippen LogP contribution in [-0.2, 0) is 16.2 Å². The zero-order chi connectivity index (χ0) is 19.6. The fourth-order valence-corrected chi connectivity index (χ4v) is 2.93. The summed E-state index contributed by atoms with van der Waals surface area (Å²) in [7, 11) is 2.86. The van der Waals surface area contributed by atoms with Gasteiger partial charge in [-0.15, -0.1) is 0 Å². The smallest absolute Gasteiger partial charge is 0.322 e. The van der Waals surface area contributed by atoms with Crippen molar-refractivity contribution in [3.8, 4) is 11.5 Å². The molecule has 0 spiro atoms.